The highest BCUT2D eigenvalue weighted by molar-refractivity contribution is 6.30. The minimum atomic E-state index is -0.00502. The first-order valence-corrected chi connectivity index (χ1v) is 13.4. The first-order chi connectivity index (χ1) is 17.9. The van der Waals surface area contributed by atoms with Crippen molar-refractivity contribution >= 4 is 17.5 Å². The molecule has 0 N–H and O–H groups in total. The van der Waals surface area contributed by atoms with Crippen molar-refractivity contribution in [3.8, 4) is 11.5 Å². The van der Waals surface area contributed by atoms with E-state index in [1.807, 2.05) is 53.4 Å². The monoisotopic (exact) mass is 522 g/mol. The van der Waals surface area contributed by atoms with E-state index in [9.17, 15) is 4.79 Å². The summed E-state index contributed by atoms with van der Waals surface area (Å²) in [6.45, 7) is 10.5. The minimum absolute atomic E-state index is 0.00502. The molecule has 0 fully saturated rings. The lowest BCUT2D eigenvalue weighted by atomic mass is 10.1. The molecule has 0 saturated carbocycles. The van der Waals surface area contributed by atoms with Gasteiger partial charge in [-0.1, -0.05) is 61.8 Å². The van der Waals surface area contributed by atoms with Gasteiger partial charge in [0.05, 0.1) is 7.11 Å². The fourth-order valence-electron chi connectivity index (χ4n) is 4.36. The molecule has 0 saturated heterocycles. The third-order valence-electron chi connectivity index (χ3n) is 6.69. The zero-order valence-corrected chi connectivity index (χ0v) is 23.2. The van der Waals surface area contributed by atoms with Crippen molar-refractivity contribution in [1.82, 2.24) is 9.80 Å². The van der Waals surface area contributed by atoms with Crippen LogP contribution in [0.3, 0.4) is 0 Å². The Hall–Kier alpha value is -3.02. The van der Waals surface area contributed by atoms with Crippen molar-refractivity contribution in [2.75, 3.05) is 26.7 Å². The van der Waals surface area contributed by atoms with Crippen LogP contribution in [0.5, 0.6) is 11.5 Å². The van der Waals surface area contributed by atoms with Gasteiger partial charge in [0.25, 0.3) is 5.91 Å². The van der Waals surface area contributed by atoms with Crippen LogP contribution in [-0.2, 0) is 13.2 Å². The summed E-state index contributed by atoms with van der Waals surface area (Å²) in [4.78, 5) is 18.0. The summed E-state index contributed by atoms with van der Waals surface area (Å²) in [5.41, 5.74) is 2.70. The second-order valence-corrected chi connectivity index (χ2v) is 9.65. The second-order valence-electron chi connectivity index (χ2n) is 9.22. The Morgan fingerprint density at radius 2 is 1.62 bits per heavy atom. The zero-order chi connectivity index (χ0) is 26.6. The van der Waals surface area contributed by atoms with E-state index in [4.69, 9.17) is 21.1 Å². The number of carbonyl (C=O) groups is 1. The number of amides is 1. The SMILES string of the molecule is CCN(CC)CCCC(C)N(Cc1ccc(OC)c(OCc2ccccc2)c1)C(=O)c1ccc(Cl)cc1. The molecule has 0 aliphatic rings. The van der Waals surface area contributed by atoms with Crippen LogP contribution in [0.25, 0.3) is 0 Å². The van der Waals surface area contributed by atoms with E-state index in [0.717, 1.165) is 43.6 Å². The maximum Gasteiger partial charge on any atom is 0.254 e. The van der Waals surface area contributed by atoms with Gasteiger partial charge in [0.1, 0.15) is 6.61 Å². The Bertz CT molecular complexity index is 1100. The van der Waals surface area contributed by atoms with Gasteiger partial charge in [-0.25, -0.2) is 0 Å². The topological polar surface area (TPSA) is 42.0 Å². The van der Waals surface area contributed by atoms with E-state index < -0.39 is 0 Å². The molecule has 0 radical (unpaired) electrons. The quantitative estimate of drug-likeness (QED) is 0.227. The molecule has 1 atom stereocenters. The van der Waals surface area contributed by atoms with E-state index in [0.29, 0.717) is 35.2 Å². The van der Waals surface area contributed by atoms with Crippen LogP contribution < -0.4 is 9.47 Å². The van der Waals surface area contributed by atoms with Crippen LogP contribution in [0.1, 0.15) is 55.1 Å². The summed E-state index contributed by atoms with van der Waals surface area (Å²) >= 11 is 6.08. The van der Waals surface area contributed by atoms with Gasteiger partial charge in [-0.3, -0.25) is 4.79 Å². The van der Waals surface area contributed by atoms with Gasteiger partial charge in [0.15, 0.2) is 11.5 Å². The van der Waals surface area contributed by atoms with Gasteiger partial charge in [-0.2, -0.15) is 0 Å². The smallest absolute Gasteiger partial charge is 0.254 e. The molecular weight excluding hydrogens is 484 g/mol. The Kier molecular flexibility index (Phi) is 11.3. The lowest BCUT2D eigenvalue weighted by Crippen LogP contribution is -2.38. The van der Waals surface area contributed by atoms with Crippen LogP contribution in [-0.4, -0.2) is 48.5 Å². The Labute approximate surface area is 227 Å². The largest absolute Gasteiger partial charge is 0.493 e. The summed E-state index contributed by atoms with van der Waals surface area (Å²) in [5.74, 6) is 1.33. The molecule has 3 rings (SSSR count). The van der Waals surface area contributed by atoms with Crippen LogP contribution in [0, 0.1) is 0 Å². The normalized spacial score (nSPS) is 11.8. The van der Waals surface area contributed by atoms with Crippen molar-refractivity contribution in [2.45, 2.75) is 52.8 Å². The molecule has 198 valence electrons. The summed E-state index contributed by atoms with van der Waals surface area (Å²) in [6, 6.07) is 23.1. The molecule has 0 heterocycles. The van der Waals surface area contributed by atoms with Gasteiger partial charge < -0.3 is 19.3 Å². The molecule has 1 unspecified atom stereocenters. The third-order valence-corrected chi connectivity index (χ3v) is 6.94. The molecule has 3 aromatic carbocycles. The maximum absolute atomic E-state index is 13.6. The molecule has 6 heteroatoms. The predicted octanol–water partition coefficient (Wildman–Crippen LogP) is 7.08. The molecule has 5 nitrogen and oxygen atoms in total. The van der Waals surface area contributed by atoms with Crippen molar-refractivity contribution in [3.05, 3.63) is 94.5 Å². The number of rotatable bonds is 14. The highest BCUT2D eigenvalue weighted by Crippen LogP contribution is 2.30. The fourth-order valence-corrected chi connectivity index (χ4v) is 4.48. The molecule has 3 aromatic rings. The molecular formula is C31H39ClN2O3. The molecule has 0 spiro atoms. The highest BCUT2D eigenvalue weighted by Gasteiger charge is 2.23. The lowest BCUT2D eigenvalue weighted by molar-refractivity contribution is 0.0662. The lowest BCUT2D eigenvalue weighted by Gasteiger charge is -2.30. The number of nitrogens with zero attached hydrogens (tertiary/aromatic N) is 2. The average Bonchev–Trinajstić information content (AvgIpc) is 2.93. The van der Waals surface area contributed by atoms with E-state index >= 15 is 0 Å². The van der Waals surface area contributed by atoms with Crippen LogP contribution in [0.2, 0.25) is 5.02 Å². The van der Waals surface area contributed by atoms with E-state index in [1.54, 1.807) is 31.4 Å². The second kappa shape index (κ2) is 14.7. The number of carbonyl (C=O) groups excluding carboxylic acids is 1. The van der Waals surface area contributed by atoms with E-state index in [2.05, 4.69) is 25.7 Å². The highest BCUT2D eigenvalue weighted by atomic mass is 35.5. The Balaban J connectivity index is 1.80. The zero-order valence-electron chi connectivity index (χ0n) is 22.5. The Morgan fingerprint density at radius 1 is 0.919 bits per heavy atom. The molecule has 0 aliphatic heterocycles. The first-order valence-electron chi connectivity index (χ1n) is 13.1. The predicted molar refractivity (Wildman–Crippen MR) is 152 cm³/mol. The van der Waals surface area contributed by atoms with Crippen molar-refractivity contribution in [2.24, 2.45) is 0 Å². The van der Waals surface area contributed by atoms with E-state index in [1.165, 1.54) is 0 Å². The van der Waals surface area contributed by atoms with Crippen molar-refractivity contribution in [1.29, 1.82) is 0 Å². The summed E-state index contributed by atoms with van der Waals surface area (Å²) in [5, 5.41) is 0.616. The third kappa shape index (κ3) is 8.51. The van der Waals surface area contributed by atoms with Gasteiger partial charge in [-0.15, -0.1) is 0 Å². The summed E-state index contributed by atoms with van der Waals surface area (Å²) in [6.07, 6.45) is 1.95. The molecule has 0 aliphatic carbocycles. The number of halogens is 1. The van der Waals surface area contributed by atoms with Gasteiger partial charge >= 0.3 is 0 Å². The van der Waals surface area contributed by atoms with Crippen LogP contribution in [0.15, 0.2) is 72.8 Å². The number of benzene rings is 3. The maximum atomic E-state index is 13.6. The summed E-state index contributed by atoms with van der Waals surface area (Å²) < 4.78 is 11.7. The van der Waals surface area contributed by atoms with E-state index in [-0.39, 0.29) is 11.9 Å². The molecule has 1 amide bonds. The number of ether oxygens (including phenoxy) is 2. The number of hydrogen-bond acceptors (Lipinski definition) is 4. The molecule has 37 heavy (non-hydrogen) atoms. The van der Waals surface area contributed by atoms with Crippen LogP contribution in [0.4, 0.5) is 0 Å². The van der Waals surface area contributed by atoms with Gasteiger partial charge in [0.2, 0.25) is 0 Å². The fraction of sp³-hybridized carbons (Fsp3) is 0.387. The molecule has 0 aromatic heterocycles. The van der Waals surface area contributed by atoms with Crippen molar-refractivity contribution < 1.29 is 14.3 Å². The Morgan fingerprint density at radius 3 is 2.27 bits per heavy atom. The molecule has 0 bridgehead atoms. The van der Waals surface area contributed by atoms with Crippen molar-refractivity contribution in [3.63, 3.8) is 0 Å². The standard InChI is InChI=1S/C31H39ClN2O3/c1-5-33(6-2)20-10-11-24(3)34(31(35)27-15-17-28(32)18-16-27)22-26-14-19-29(36-4)30(21-26)37-23-25-12-8-7-9-13-25/h7-9,12-19,21,24H,5-6,10-11,20,22-23H2,1-4H3. The number of hydrogen-bond donors (Lipinski definition) is 0. The first kappa shape index (κ1) is 28.5. The minimum Gasteiger partial charge on any atom is -0.493 e. The van der Waals surface area contributed by atoms with Gasteiger partial charge in [0, 0.05) is 23.2 Å². The van der Waals surface area contributed by atoms with Crippen LogP contribution >= 0.6 is 11.6 Å². The number of methoxy groups -OCH3 is 1. The average molecular weight is 523 g/mol. The summed E-state index contributed by atoms with van der Waals surface area (Å²) in [7, 11) is 1.64. The van der Waals surface area contributed by atoms with Gasteiger partial charge in [-0.05, 0) is 86.9 Å².